The van der Waals surface area contributed by atoms with Gasteiger partial charge in [-0.3, -0.25) is 14.5 Å². The summed E-state index contributed by atoms with van der Waals surface area (Å²) in [5.74, 6) is -1.89. The molecule has 2 saturated heterocycles. The molecule has 0 spiro atoms. The number of imide groups is 1. The van der Waals surface area contributed by atoms with Crippen LogP contribution in [-0.2, 0) is 24.0 Å². The Hall–Kier alpha value is -2.12. The predicted octanol–water partition coefficient (Wildman–Crippen LogP) is 1.63. The lowest BCUT2D eigenvalue weighted by Crippen LogP contribution is -2.46. The van der Waals surface area contributed by atoms with E-state index in [0.717, 1.165) is 0 Å². The van der Waals surface area contributed by atoms with Crippen molar-refractivity contribution >= 4 is 23.9 Å². The summed E-state index contributed by atoms with van der Waals surface area (Å²) in [6.45, 7) is 9.38. The predicted molar refractivity (Wildman–Crippen MR) is 82.3 cm³/mol. The van der Waals surface area contributed by atoms with E-state index in [-0.39, 0.29) is 18.3 Å². The van der Waals surface area contributed by atoms with Crippen molar-refractivity contribution in [2.45, 2.75) is 65.5 Å². The van der Waals surface area contributed by atoms with Crippen LogP contribution in [0, 0.1) is 5.41 Å². The summed E-state index contributed by atoms with van der Waals surface area (Å²) in [6.07, 6.45) is -0.202. The minimum absolute atomic E-state index is 0.0258. The molecule has 3 amide bonds. The number of carbonyl (C=O) groups is 4. The van der Waals surface area contributed by atoms with Gasteiger partial charge in [-0.1, -0.05) is 13.8 Å². The van der Waals surface area contributed by atoms with E-state index >= 15 is 0 Å². The molecule has 0 aromatic rings. The maximum absolute atomic E-state index is 12.4. The molecule has 2 fully saturated rings. The van der Waals surface area contributed by atoms with E-state index in [1.165, 1.54) is 4.90 Å². The second kappa shape index (κ2) is 6.07. The van der Waals surface area contributed by atoms with E-state index in [4.69, 9.17) is 9.57 Å². The van der Waals surface area contributed by atoms with Crippen molar-refractivity contribution < 1.29 is 28.8 Å². The Morgan fingerprint density at radius 1 is 1.12 bits per heavy atom. The standard InChI is InChI=1S/C16H24N2O6/c1-15(2,3)23-14(22)17-9-16(4,5)8-10(17)13(21)24-18-11(19)6-7-12(18)20/h10H,6-9H2,1-5H3. The molecule has 0 bridgehead atoms. The summed E-state index contributed by atoms with van der Waals surface area (Å²) in [5, 5.41) is 0.501. The highest BCUT2D eigenvalue weighted by molar-refractivity contribution is 6.01. The van der Waals surface area contributed by atoms with Crippen LogP contribution in [0.4, 0.5) is 4.79 Å². The quantitative estimate of drug-likeness (QED) is 0.709. The molecular weight excluding hydrogens is 316 g/mol. The largest absolute Gasteiger partial charge is 0.444 e. The van der Waals surface area contributed by atoms with Crippen molar-refractivity contribution in [3.05, 3.63) is 0 Å². The van der Waals surface area contributed by atoms with Gasteiger partial charge in [0.25, 0.3) is 11.8 Å². The average molecular weight is 340 g/mol. The highest BCUT2D eigenvalue weighted by Crippen LogP contribution is 2.35. The minimum Gasteiger partial charge on any atom is -0.444 e. The Morgan fingerprint density at radius 2 is 1.67 bits per heavy atom. The van der Waals surface area contributed by atoms with E-state index in [9.17, 15) is 19.2 Å². The van der Waals surface area contributed by atoms with Gasteiger partial charge in [-0.25, -0.2) is 9.59 Å². The maximum Gasteiger partial charge on any atom is 0.411 e. The fraction of sp³-hybridized carbons (Fsp3) is 0.750. The SMILES string of the molecule is CC1(C)CC(C(=O)ON2C(=O)CCC2=O)N(C(=O)OC(C)(C)C)C1. The lowest BCUT2D eigenvalue weighted by Gasteiger charge is -2.28. The summed E-state index contributed by atoms with van der Waals surface area (Å²) < 4.78 is 5.34. The summed E-state index contributed by atoms with van der Waals surface area (Å²) in [7, 11) is 0. The van der Waals surface area contributed by atoms with Gasteiger partial charge in [0.2, 0.25) is 0 Å². The number of hydrogen-bond acceptors (Lipinski definition) is 6. The van der Waals surface area contributed by atoms with Crippen molar-refractivity contribution in [1.29, 1.82) is 0 Å². The number of amides is 3. The number of nitrogens with zero attached hydrogens (tertiary/aromatic N) is 2. The summed E-state index contributed by atoms with van der Waals surface area (Å²) >= 11 is 0. The van der Waals surface area contributed by atoms with Crippen LogP contribution in [0.5, 0.6) is 0 Å². The number of ether oxygens (including phenoxy) is 1. The minimum atomic E-state index is -0.893. The Bertz CT molecular complexity index is 562. The molecule has 0 radical (unpaired) electrons. The van der Waals surface area contributed by atoms with Crippen LogP contribution in [-0.4, -0.2) is 52.0 Å². The van der Waals surface area contributed by atoms with Crippen LogP contribution >= 0.6 is 0 Å². The van der Waals surface area contributed by atoms with E-state index < -0.39 is 35.5 Å². The van der Waals surface area contributed by atoms with Gasteiger partial charge in [-0.05, 0) is 32.6 Å². The normalized spacial score (nSPS) is 23.6. The number of rotatable bonds is 2. The number of hydroxylamine groups is 2. The molecule has 24 heavy (non-hydrogen) atoms. The smallest absolute Gasteiger partial charge is 0.411 e. The van der Waals surface area contributed by atoms with Gasteiger partial charge in [0.1, 0.15) is 11.6 Å². The second-order valence-corrected chi connectivity index (χ2v) is 7.98. The molecule has 2 rings (SSSR count). The third-order valence-corrected chi connectivity index (χ3v) is 3.81. The van der Waals surface area contributed by atoms with Crippen LogP contribution < -0.4 is 0 Å². The first-order valence-electron chi connectivity index (χ1n) is 7.97. The Labute approximate surface area is 141 Å². The third kappa shape index (κ3) is 4.04. The molecule has 8 heteroatoms. The number of hydrogen-bond donors (Lipinski definition) is 0. The molecule has 134 valence electrons. The van der Waals surface area contributed by atoms with Crippen LogP contribution in [0.25, 0.3) is 0 Å². The van der Waals surface area contributed by atoms with Crippen molar-refractivity contribution in [3.8, 4) is 0 Å². The molecule has 0 aromatic heterocycles. The van der Waals surface area contributed by atoms with Crippen LogP contribution in [0.1, 0.15) is 53.9 Å². The zero-order valence-electron chi connectivity index (χ0n) is 14.7. The highest BCUT2D eigenvalue weighted by Gasteiger charge is 2.47. The zero-order chi connectivity index (χ0) is 18.3. The van der Waals surface area contributed by atoms with Gasteiger partial charge in [-0.2, -0.15) is 0 Å². The van der Waals surface area contributed by atoms with Crippen LogP contribution in [0.15, 0.2) is 0 Å². The molecule has 0 saturated carbocycles. The first-order chi connectivity index (χ1) is 10.9. The second-order valence-electron chi connectivity index (χ2n) is 7.98. The summed E-state index contributed by atoms with van der Waals surface area (Å²) in [4.78, 5) is 54.3. The van der Waals surface area contributed by atoms with Crippen molar-refractivity contribution in [3.63, 3.8) is 0 Å². The van der Waals surface area contributed by atoms with Gasteiger partial charge >= 0.3 is 12.1 Å². The fourth-order valence-electron chi connectivity index (χ4n) is 2.80. The molecule has 2 aliphatic heterocycles. The molecule has 2 aliphatic rings. The van der Waals surface area contributed by atoms with Crippen molar-refractivity contribution in [2.24, 2.45) is 5.41 Å². The van der Waals surface area contributed by atoms with Gasteiger partial charge in [0.05, 0.1) is 0 Å². The van der Waals surface area contributed by atoms with Crippen LogP contribution in [0.2, 0.25) is 0 Å². The molecule has 1 atom stereocenters. The zero-order valence-corrected chi connectivity index (χ0v) is 14.7. The molecule has 0 N–H and O–H groups in total. The summed E-state index contributed by atoms with van der Waals surface area (Å²) in [6, 6.07) is -0.893. The molecule has 1 unspecified atom stereocenters. The first kappa shape index (κ1) is 18.2. The Kier molecular flexibility index (Phi) is 4.61. The van der Waals surface area contributed by atoms with Crippen molar-refractivity contribution in [2.75, 3.05) is 6.54 Å². The number of carbonyl (C=O) groups excluding carboxylic acids is 4. The van der Waals surface area contributed by atoms with Gasteiger partial charge in [-0.15, -0.1) is 5.06 Å². The number of likely N-dealkylation sites (tertiary alicyclic amines) is 1. The van der Waals surface area contributed by atoms with Gasteiger partial charge in [0.15, 0.2) is 0 Å². The molecule has 8 nitrogen and oxygen atoms in total. The van der Waals surface area contributed by atoms with E-state index in [1.807, 2.05) is 13.8 Å². The topological polar surface area (TPSA) is 93.2 Å². The first-order valence-corrected chi connectivity index (χ1v) is 7.97. The van der Waals surface area contributed by atoms with E-state index in [2.05, 4.69) is 0 Å². The monoisotopic (exact) mass is 340 g/mol. The molecule has 0 aromatic carbocycles. The molecule has 2 heterocycles. The van der Waals surface area contributed by atoms with Gasteiger partial charge < -0.3 is 9.57 Å². The fourth-order valence-corrected chi connectivity index (χ4v) is 2.80. The summed E-state index contributed by atoms with van der Waals surface area (Å²) in [5.41, 5.74) is -1.00. The van der Waals surface area contributed by atoms with Crippen LogP contribution in [0.3, 0.4) is 0 Å². The van der Waals surface area contributed by atoms with E-state index in [0.29, 0.717) is 18.0 Å². The highest BCUT2D eigenvalue weighted by atomic mass is 16.7. The lowest BCUT2D eigenvalue weighted by atomic mass is 9.91. The molecule has 0 aliphatic carbocycles. The molecular formula is C16H24N2O6. The van der Waals surface area contributed by atoms with Crippen molar-refractivity contribution in [1.82, 2.24) is 9.96 Å². The lowest BCUT2D eigenvalue weighted by molar-refractivity contribution is -0.200. The third-order valence-electron chi connectivity index (χ3n) is 3.81. The Morgan fingerprint density at radius 3 is 2.17 bits per heavy atom. The Balaban J connectivity index is 2.13. The van der Waals surface area contributed by atoms with E-state index in [1.54, 1.807) is 20.8 Å². The average Bonchev–Trinajstić information content (AvgIpc) is 2.90. The van der Waals surface area contributed by atoms with Gasteiger partial charge in [0, 0.05) is 19.4 Å². The maximum atomic E-state index is 12.4.